The molecule has 0 amide bonds. The molecule has 0 atom stereocenters. The summed E-state index contributed by atoms with van der Waals surface area (Å²) in [6.45, 7) is 0. The van der Waals surface area contributed by atoms with Crippen molar-refractivity contribution < 1.29 is 9.90 Å². The number of hydrogen-bond donors (Lipinski definition) is 1. The third-order valence-corrected chi connectivity index (χ3v) is 2.02. The Morgan fingerprint density at radius 1 is 1.82 bits per heavy atom. The highest BCUT2D eigenvalue weighted by atomic mass is 79.9. The Kier molecular flexibility index (Phi) is 2.78. The van der Waals surface area contributed by atoms with E-state index in [1.54, 1.807) is 11.1 Å². The summed E-state index contributed by atoms with van der Waals surface area (Å²) >= 11 is 4.36. The summed E-state index contributed by atoms with van der Waals surface area (Å²) in [6, 6.07) is 0. The third kappa shape index (κ3) is 2.13. The van der Waals surface area contributed by atoms with Crippen LogP contribution in [0.15, 0.2) is 10.4 Å². The molecule has 0 radical (unpaired) electrons. The van der Waals surface area contributed by atoms with Gasteiger partial charge in [-0.3, -0.25) is 0 Å². The molecule has 5 heteroatoms. The Morgan fingerprint density at radius 3 is 3.00 bits per heavy atom. The smallest absolute Gasteiger partial charge is 0.355 e. The van der Waals surface area contributed by atoms with Gasteiger partial charge < -0.3 is 5.11 Å². The molecule has 58 valence electrons. The number of nitrogens with zero attached hydrogens (tertiary/aromatic N) is 1. The third-order valence-electron chi connectivity index (χ3n) is 0.947. The number of thiazole rings is 1. The number of carboxylic acids is 1. The van der Waals surface area contributed by atoms with E-state index in [1.165, 1.54) is 16.7 Å². The van der Waals surface area contributed by atoms with Gasteiger partial charge >= 0.3 is 5.97 Å². The lowest BCUT2D eigenvalue weighted by Gasteiger charge is -1.80. The van der Waals surface area contributed by atoms with Gasteiger partial charge in [-0.05, 0) is 11.1 Å². The van der Waals surface area contributed by atoms with Crippen molar-refractivity contribution in [1.82, 2.24) is 4.98 Å². The van der Waals surface area contributed by atoms with Gasteiger partial charge in [0, 0.05) is 5.38 Å². The molecule has 1 aromatic rings. The zero-order valence-electron chi connectivity index (χ0n) is 5.32. The molecule has 0 aromatic carbocycles. The average molecular weight is 234 g/mol. The lowest BCUT2D eigenvalue weighted by Crippen LogP contribution is -1.95. The fourth-order valence-corrected chi connectivity index (χ4v) is 1.63. The van der Waals surface area contributed by atoms with Crippen molar-refractivity contribution in [3.63, 3.8) is 0 Å². The minimum atomic E-state index is -0.990. The van der Waals surface area contributed by atoms with Gasteiger partial charge in [0.2, 0.25) is 0 Å². The lowest BCUT2D eigenvalue weighted by molar-refractivity contribution is 0.0691. The Hall–Kier alpha value is -0.680. The molecule has 0 saturated heterocycles. The van der Waals surface area contributed by atoms with E-state index in [-0.39, 0.29) is 5.69 Å². The molecule has 1 heterocycles. The van der Waals surface area contributed by atoms with Crippen LogP contribution in [-0.2, 0) is 0 Å². The van der Waals surface area contributed by atoms with Crippen molar-refractivity contribution in [3.05, 3.63) is 21.1 Å². The SMILES string of the molecule is O=C(O)c1csc(/C=C\Br)n1. The molecular weight excluding hydrogens is 230 g/mol. The van der Waals surface area contributed by atoms with E-state index < -0.39 is 5.97 Å². The van der Waals surface area contributed by atoms with Crippen molar-refractivity contribution in [2.45, 2.75) is 0 Å². The van der Waals surface area contributed by atoms with Gasteiger partial charge in [-0.25, -0.2) is 9.78 Å². The Morgan fingerprint density at radius 2 is 2.55 bits per heavy atom. The zero-order valence-corrected chi connectivity index (χ0v) is 7.72. The van der Waals surface area contributed by atoms with Crippen molar-refractivity contribution in [2.75, 3.05) is 0 Å². The summed E-state index contributed by atoms with van der Waals surface area (Å²) in [6.07, 6.45) is 1.69. The molecule has 11 heavy (non-hydrogen) atoms. The van der Waals surface area contributed by atoms with Crippen LogP contribution >= 0.6 is 27.3 Å². The van der Waals surface area contributed by atoms with E-state index in [4.69, 9.17) is 5.11 Å². The van der Waals surface area contributed by atoms with E-state index in [0.717, 1.165) is 0 Å². The van der Waals surface area contributed by atoms with Gasteiger partial charge in [-0.2, -0.15) is 0 Å². The Labute approximate surface area is 75.5 Å². The quantitative estimate of drug-likeness (QED) is 0.853. The molecule has 0 aliphatic rings. The van der Waals surface area contributed by atoms with Gasteiger partial charge in [0.15, 0.2) is 5.69 Å². The number of halogens is 1. The van der Waals surface area contributed by atoms with Crippen LogP contribution in [0.3, 0.4) is 0 Å². The molecule has 1 rings (SSSR count). The van der Waals surface area contributed by atoms with Gasteiger partial charge in [0.1, 0.15) is 5.01 Å². The fourth-order valence-electron chi connectivity index (χ4n) is 0.516. The molecule has 0 unspecified atom stereocenters. The van der Waals surface area contributed by atoms with Gasteiger partial charge in [0.25, 0.3) is 0 Å². The molecule has 0 aliphatic heterocycles. The number of aromatic nitrogens is 1. The molecular formula is C6H4BrNO2S. The highest BCUT2D eigenvalue weighted by Gasteiger charge is 2.05. The first-order valence-electron chi connectivity index (χ1n) is 2.69. The van der Waals surface area contributed by atoms with E-state index >= 15 is 0 Å². The minimum Gasteiger partial charge on any atom is -0.476 e. The maximum atomic E-state index is 10.3. The molecule has 1 N–H and O–H groups in total. The van der Waals surface area contributed by atoms with Crippen molar-refractivity contribution in [1.29, 1.82) is 0 Å². The van der Waals surface area contributed by atoms with Crippen molar-refractivity contribution in [2.24, 2.45) is 0 Å². The van der Waals surface area contributed by atoms with Gasteiger partial charge in [-0.1, -0.05) is 15.9 Å². The number of hydrogen-bond acceptors (Lipinski definition) is 3. The summed E-state index contributed by atoms with van der Waals surface area (Å²) in [5.41, 5.74) is 0.0931. The second-order valence-corrected chi connectivity index (χ2v) is 3.09. The van der Waals surface area contributed by atoms with Crippen LogP contribution in [0.4, 0.5) is 0 Å². The second-order valence-electron chi connectivity index (χ2n) is 1.67. The van der Waals surface area contributed by atoms with E-state index in [1.807, 2.05) is 0 Å². The highest BCUT2D eigenvalue weighted by Crippen LogP contribution is 2.11. The summed E-state index contributed by atoms with van der Waals surface area (Å²) in [7, 11) is 0. The summed E-state index contributed by atoms with van der Waals surface area (Å²) < 4.78 is 0. The zero-order chi connectivity index (χ0) is 8.27. The monoisotopic (exact) mass is 233 g/mol. The van der Waals surface area contributed by atoms with E-state index in [9.17, 15) is 4.79 Å². The summed E-state index contributed by atoms with van der Waals surface area (Å²) in [4.78, 5) is 15.8. The van der Waals surface area contributed by atoms with Crippen LogP contribution in [0.1, 0.15) is 15.5 Å². The van der Waals surface area contributed by atoms with Crippen LogP contribution in [0, 0.1) is 0 Å². The highest BCUT2D eigenvalue weighted by molar-refractivity contribution is 9.11. The normalized spacial score (nSPS) is 10.6. The van der Waals surface area contributed by atoms with E-state index in [0.29, 0.717) is 5.01 Å². The van der Waals surface area contributed by atoms with Gasteiger partial charge in [-0.15, -0.1) is 11.3 Å². The number of carboxylic acid groups (broad SMARTS) is 1. The van der Waals surface area contributed by atoms with Crippen LogP contribution < -0.4 is 0 Å². The molecule has 3 nitrogen and oxygen atoms in total. The maximum Gasteiger partial charge on any atom is 0.355 e. The molecule has 0 bridgehead atoms. The van der Waals surface area contributed by atoms with Crippen LogP contribution in [0.25, 0.3) is 6.08 Å². The largest absolute Gasteiger partial charge is 0.476 e. The van der Waals surface area contributed by atoms with Crippen LogP contribution in [0.5, 0.6) is 0 Å². The topological polar surface area (TPSA) is 50.2 Å². The molecule has 0 fully saturated rings. The average Bonchev–Trinajstić information content (AvgIpc) is 2.37. The molecule has 1 aromatic heterocycles. The lowest BCUT2D eigenvalue weighted by atomic mass is 10.5. The van der Waals surface area contributed by atoms with Gasteiger partial charge in [0.05, 0.1) is 0 Å². The Balaban J connectivity index is 2.90. The summed E-state index contributed by atoms with van der Waals surface area (Å²) in [5, 5.41) is 10.7. The number of aromatic carboxylic acids is 1. The van der Waals surface area contributed by atoms with Crippen molar-refractivity contribution >= 4 is 39.3 Å². The molecule has 0 spiro atoms. The Bertz CT molecular complexity index is 295. The van der Waals surface area contributed by atoms with E-state index in [2.05, 4.69) is 20.9 Å². The molecule has 0 aliphatic carbocycles. The van der Waals surface area contributed by atoms with Crippen LogP contribution in [0.2, 0.25) is 0 Å². The second kappa shape index (κ2) is 3.64. The fraction of sp³-hybridized carbons (Fsp3) is 0. The first kappa shape index (κ1) is 8.42. The van der Waals surface area contributed by atoms with Crippen LogP contribution in [-0.4, -0.2) is 16.1 Å². The van der Waals surface area contributed by atoms with Crippen molar-refractivity contribution in [3.8, 4) is 0 Å². The maximum absolute atomic E-state index is 10.3. The number of rotatable bonds is 2. The first-order valence-corrected chi connectivity index (χ1v) is 4.49. The number of carbonyl (C=O) groups is 1. The predicted molar refractivity (Wildman–Crippen MR) is 47.0 cm³/mol. The first-order chi connectivity index (χ1) is 5.24. The summed E-state index contributed by atoms with van der Waals surface area (Å²) in [5.74, 6) is -0.990. The molecule has 0 saturated carbocycles. The standard InChI is InChI=1S/C6H4BrNO2S/c7-2-1-5-8-4(3-11-5)6(9)10/h1-3H,(H,9,10)/b2-1-. The minimum absolute atomic E-state index is 0.0931. The predicted octanol–water partition coefficient (Wildman–Crippen LogP) is 2.21.